The van der Waals surface area contributed by atoms with Gasteiger partial charge in [-0.2, -0.15) is 0 Å². The van der Waals surface area contributed by atoms with Crippen LogP contribution >= 0.6 is 0 Å². The molecule has 148 valence electrons. The van der Waals surface area contributed by atoms with Gasteiger partial charge in [-0.1, -0.05) is 18.2 Å². The third-order valence-corrected chi connectivity index (χ3v) is 4.25. The minimum atomic E-state index is -0.401. The van der Waals surface area contributed by atoms with Crippen LogP contribution in [0.15, 0.2) is 60.7 Å². The zero-order valence-electron chi connectivity index (χ0n) is 15.7. The second-order valence-electron chi connectivity index (χ2n) is 6.02. The maximum absolute atomic E-state index is 10.7. The van der Waals surface area contributed by atoms with Crippen LogP contribution in [0.25, 0.3) is 10.8 Å². The van der Waals surface area contributed by atoms with Gasteiger partial charge in [0.25, 0.3) is 5.69 Å². The lowest BCUT2D eigenvalue weighted by atomic mass is 10.1. The summed E-state index contributed by atoms with van der Waals surface area (Å²) in [4.78, 5) is 17.0. The van der Waals surface area contributed by atoms with E-state index >= 15 is 0 Å². The minimum Gasteiger partial charge on any atom is -0.399 e. The van der Waals surface area contributed by atoms with Crippen LogP contribution in [-0.2, 0) is 4.84 Å². The molecule has 28 heavy (non-hydrogen) atoms. The first-order valence-corrected chi connectivity index (χ1v) is 8.81. The lowest BCUT2D eigenvalue weighted by molar-refractivity contribution is -0.383. The van der Waals surface area contributed by atoms with Gasteiger partial charge >= 0.3 is 0 Å². The number of likely N-dealkylation sites (N-methyl/N-ethyl adjacent to an activating group) is 1. The summed E-state index contributed by atoms with van der Waals surface area (Å²) >= 11 is 0. The monoisotopic (exact) mass is 383 g/mol. The molecular weight excluding hydrogens is 358 g/mol. The van der Waals surface area contributed by atoms with Crippen molar-refractivity contribution in [2.24, 2.45) is 5.90 Å². The van der Waals surface area contributed by atoms with E-state index in [-0.39, 0.29) is 5.69 Å². The maximum Gasteiger partial charge on any atom is 0.277 e. The Bertz CT molecular complexity index is 915. The van der Waals surface area contributed by atoms with Crippen molar-refractivity contribution in [3.63, 3.8) is 0 Å². The van der Waals surface area contributed by atoms with E-state index in [2.05, 4.69) is 16.7 Å². The van der Waals surface area contributed by atoms with Crippen LogP contribution in [0, 0.1) is 10.1 Å². The number of anilines is 3. The van der Waals surface area contributed by atoms with E-state index in [1.54, 1.807) is 24.3 Å². The number of hydrogen-bond donors (Lipinski definition) is 3. The molecule has 0 aromatic heterocycles. The molecule has 0 atom stereocenters. The van der Waals surface area contributed by atoms with Crippen LogP contribution in [0.5, 0.6) is 0 Å². The van der Waals surface area contributed by atoms with E-state index in [0.29, 0.717) is 17.7 Å². The van der Waals surface area contributed by atoms with Crippen molar-refractivity contribution in [3.8, 4) is 0 Å². The summed E-state index contributed by atoms with van der Waals surface area (Å²) in [5.74, 6) is 4.99. The molecule has 0 saturated heterocycles. The number of nitro benzene ring substituents is 1. The maximum atomic E-state index is 10.7. The molecule has 0 heterocycles. The summed E-state index contributed by atoms with van der Waals surface area (Å²) in [7, 11) is 0. The topological polar surface area (TPSA) is 134 Å². The Labute approximate surface area is 163 Å². The first-order chi connectivity index (χ1) is 13.5. The van der Waals surface area contributed by atoms with Crippen molar-refractivity contribution in [2.45, 2.75) is 6.92 Å². The highest BCUT2D eigenvalue weighted by Crippen LogP contribution is 2.29. The minimum absolute atomic E-state index is 0.0924. The lowest BCUT2D eigenvalue weighted by Crippen LogP contribution is -2.27. The quantitative estimate of drug-likeness (QED) is 0.338. The van der Waals surface area contributed by atoms with Crippen molar-refractivity contribution in [3.05, 3.63) is 70.8 Å². The van der Waals surface area contributed by atoms with E-state index in [1.807, 2.05) is 30.3 Å². The standard InChI is InChI=1S/C10H17N3O.C10H8N2O2/c1-2-13(7-8-14-12)10-5-3-9(11)4-6-10;11-9-5-6-10(12(13)14)8-4-2-1-3-7(8)9/h3-6H,2,7-8,11-12H2,1H3;1-6H,11H2. The molecule has 0 fully saturated rings. The summed E-state index contributed by atoms with van der Waals surface area (Å²) in [6.45, 7) is 4.33. The fourth-order valence-corrected chi connectivity index (χ4v) is 2.78. The summed E-state index contributed by atoms with van der Waals surface area (Å²) in [5, 5.41) is 12.0. The van der Waals surface area contributed by atoms with Crippen molar-refractivity contribution in [1.82, 2.24) is 0 Å². The molecule has 0 aliphatic rings. The first-order valence-electron chi connectivity index (χ1n) is 8.81. The summed E-state index contributed by atoms with van der Waals surface area (Å²) in [6, 6.07) is 17.8. The molecule has 0 bridgehead atoms. The van der Waals surface area contributed by atoms with Gasteiger partial charge in [-0.15, -0.1) is 0 Å². The molecule has 0 saturated carbocycles. The zero-order valence-corrected chi connectivity index (χ0v) is 15.7. The van der Waals surface area contributed by atoms with E-state index in [0.717, 1.165) is 29.9 Å². The number of fused-ring (bicyclic) bond motifs is 1. The lowest BCUT2D eigenvalue weighted by Gasteiger charge is -2.22. The SMILES string of the molecule is CCN(CCON)c1ccc(N)cc1.Nc1ccc([N+](=O)[O-])c2ccccc12. The highest BCUT2D eigenvalue weighted by molar-refractivity contribution is 5.98. The molecule has 3 rings (SSSR count). The summed E-state index contributed by atoms with van der Waals surface area (Å²) in [5.41, 5.74) is 13.9. The Morgan fingerprint density at radius 1 is 1.00 bits per heavy atom. The summed E-state index contributed by atoms with van der Waals surface area (Å²) < 4.78 is 0. The van der Waals surface area contributed by atoms with Gasteiger partial charge in [-0.3, -0.25) is 10.1 Å². The predicted octanol–water partition coefficient (Wildman–Crippen LogP) is 3.32. The largest absolute Gasteiger partial charge is 0.399 e. The van der Waals surface area contributed by atoms with Gasteiger partial charge in [-0.25, -0.2) is 5.90 Å². The zero-order chi connectivity index (χ0) is 20.5. The van der Waals surface area contributed by atoms with E-state index in [1.165, 1.54) is 6.07 Å². The molecule has 0 unspecified atom stereocenters. The third-order valence-electron chi connectivity index (χ3n) is 4.25. The molecule has 3 aromatic carbocycles. The van der Waals surface area contributed by atoms with E-state index in [9.17, 15) is 10.1 Å². The second kappa shape index (κ2) is 10.1. The van der Waals surface area contributed by atoms with Crippen LogP contribution in [0.4, 0.5) is 22.7 Å². The Balaban J connectivity index is 0.000000200. The van der Waals surface area contributed by atoms with Crippen molar-refractivity contribution < 1.29 is 9.76 Å². The Morgan fingerprint density at radius 3 is 2.21 bits per heavy atom. The second-order valence-corrected chi connectivity index (χ2v) is 6.02. The average Bonchev–Trinajstić information content (AvgIpc) is 2.70. The average molecular weight is 383 g/mol. The molecule has 8 heteroatoms. The van der Waals surface area contributed by atoms with Crippen LogP contribution in [0.2, 0.25) is 0 Å². The van der Waals surface area contributed by atoms with Gasteiger partial charge in [0.15, 0.2) is 0 Å². The predicted molar refractivity (Wildman–Crippen MR) is 114 cm³/mol. The normalized spacial score (nSPS) is 10.2. The molecular formula is C20H25N5O3. The molecule has 0 radical (unpaired) electrons. The van der Waals surface area contributed by atoms with Crippen LogP contribution in [0.1, 0.15) is 6.92 Å². The number of nitro groups is 1. The van der Waals surface area contributed by atoms with Gasteiger partial charge in [-0.05, 0) is 43.3 Å². The van der Waals surface area contributed by atoms with E-state index < -0.39 is 4.92 Å². The Kier molecular flexibility index (Phi) is 7.55. The van der Waals surface area contributed by atoms with Crippen molar-refractivity contribution >= 4 is 33.5 Å². The third kappa shape index (κ3) is 5.32. The highest BCUT2D eigenvalue weighted by atomic mass is 16.6. The molecule has 3 aromatic rings. The number of nitrogens with zero attached hydrogens (tertiary/aromatic N) is 2. The molecule has 0 aliphatic heterocycles. The van der Waals surface area contributed by atoms with Gasteiger partial charge in [0, 0.05) is 41.6 Å². The fraction of sp³-hybridized carbons (Fsp3) is 0.200. The highest BCUT2D eigenvalue weighted by Gasteiger charge is 2.11. The van der Waals surface area contributed by atoms with Crippen LogP contribution in [-0.4, -0.2) is 24.6 Å². The number of hydrogen-bond acceptors (Lipinski definition) is 7. The van der Waals surface area contributed by atoms with Gasteiger partial charge in [0.2, 0.25) is 0 Å². The number of benzene rings is 3. The van der Waals surface area contributed by atoms with E-state index in [4.69, 9.17) is 17.4 Å². The Hall–Kier alpha value is -3.36. The van der Waals surface area contributed by atoms with Gasteiger partial charge in [0.1, 0.15) is 0 Å². The molecule has 6 N–H and O–H groups in total. The molecule has 0 amide bonds. The fourth-order valence-electron chi connectivity index (χ4n) is 2.78. The smallest absolute Gasteiger partial charge is 0.277 e. The van der Waals surface area contributed by atoms with Gasteiger partial charge in [0.05, 0.1) is 16.9 Å². The molecule has 0 aliphatic carbocycles. The number of nitrogens with two attached hydrogens (primary N) is 3. The molecule has 8 nitrogen and oxygen atoms in total. The number of non-ortho nitro benzene ring substituents is 1. The summed E-state index contributed by atoms with van der Waals surface area (Å²) in [6.07, 6.45) is 0. The molecule has 0 spiro atoms. The number of nitrogen functional groups attached to an aromatic ring is 2. The first kappa shape index (κ1) is 20.9. The number of rotatable bonds is 6. The van der Waals surface area contributed by atoms with Crippen molar-refractivity contribution in [2.75, 3.05) is 36.1 Å². The Morgan fingerprint density at radius 2 is 1.64 bits per heavy atom. The van der Waals surface area contributed by atoms with Gasteiger partial charge < -0.3 is 21.2 Å². The van der Waals surface area contributed by atoms with Crippen molar-refractivity contribution in [1.29, 1.82) is 0 Å². The van der Waals surface area contributed by atoms with Crippen LogP contribution in [0.3, 0.4) is 0 Å². The van der Waals surface area contributed by atoms with Crippen LogP contribution < -0.4 is 22.3 Å².